The molecule has 0 radical (unpaired) electrons. The molecule has 3 heterocycles. The largest absolute Gasteiger partial charge is 0.307 e. The maximum atomic E-state index is 5.40. The van der Waals surface area contributed by atoms with Crippen molar-refractivity contribution in [3.05, 3.63) is 36.8 Å². The second kappa shape index (κ2) is 3.56. The summed E-state index contributed by atoms with van der Waals surface area (Å²) in [6.45, 7) is 1.91. The Labute approximate surface area is 96.9 Å². The third kappa shape index (κ3) is 1.44. The summed E-state index contributed by atoms with van der Waals surface area (Å²) in [4.78, 5) is 12.8. The van der Waals surface area contributed by atoms with E-state index in [2.05, 4.69) is 20.4 Å². The molecule has 0 bridgehead atoms. The number of fused-ring (bicyclic) bond motifs is 1. The summed E-state index contributed by atoms with van der Waals surface area (Å²) >= 11 is 0. The first-order valence-electron chi connectivity index (χ1n) is 5.10. The van der Waals surface area contributed by atoms with Crippen molar-refractivity contribution in [1.29, 1.82) is 0 Å². The molecule has 0 unspecified atom stereocenters. The van der Waals surface area contributed by atoms with Crippen LogP contribution < -0.4 is 11.3 Å². The summed E-state index contributed by atoms with van der Waals surface area (Å²) in [6, 6.07) is 0. The molecular weight excluding hydrogens is 218 g/mol. The number of imidazole rings is 2. The second-order valence-corrected chi connectivity index (χ2v) is 3.60. The van der Waals surface area contributed by atoms with Gasteiger partial charge in [-0.05, 0) is 6.92 Å². The molecule has 0 saturated carbocycles. The minimum Gasteiger partial charge on any atom is -0.307 e. The van der Waals surface area contributed by atoms with Crippen LogP contribution in [0.1, 0.15) is 5.82 Å². The Balaban J connectivity index is 2.34. The fourth-order valence-corrected chi connectivity index (χ4v) is 1.75. The standard InChI is InChI=1S/C10H11N7/c1-7-12-3-5-17(7)10-9-13-2-4-16(9)6-8(14-10)15-11/h2-6,15H,11H2,1H3. The van der Waals surface area contributed by atoms with E-state index in [0.717, 1.165) is 11.5 Å². The minimum atomic E-state index is 0.568. The van der Waals surface area contributed by atoms with E-state index in [9.17, 15) is 0 Å². The van der Waals surface area contributed by atoms with E-state index in [-0.39, 0.29) is 0 Å². The fraction of sp³-hybridized carbons (Fsp3) is 0.100. The van der Waals surface area contributed by atoms with Gasteiger partial charge in [0.2, 0.25) is 0 Å². The number of nitrogens with zero attached hydrogens (tertiary/aromatic N) is 5. The van der Waals surface area contributed by atoms with Crippen molar-refractivity contribution < 1.29 is 0 Å². The van der Waals surface area contributed by atoms with Crippen LogP contribution in [-0.2, 0) is 0 Å². The number of aryl methyl sites for hydroxylation is 1. The molecule has 3 aromatic rings. The van der Waals surface area contributed by atoms with Crippen LogP contribution in [0.4, 0.5) is 5.82 Å². The zero-order valence-electron chi connectivity index (χ0n) is 9.20. The zero-order chi connectivity index (χ0) is 11.8. The summed E-state index contributed by atoms with van der Waals surface area (Å²) < 4.78 is 3.72. The molecule has 0 aliphatic heterocycles. The Hall–Kier alpha value is -2.41. The molecule has 7 heteroatoms. The Morgan fingerprint density at radius 1 is 1.24 bits per heavy atom. The van der Waals surface area contributed by atoms with Gasteiger partial charge in [-0.2, -0.15) is 0 Å². The molecule has 0 amide bonds. The Morgan fingerprint density at radius 3 is 2.76 bits per heavy atom. The second-order valence-electron chi connectivity index (χ2n) is 3.60. The topological polar surface area (TPSA) is 86.1 Å². The highest BCUT2D eigenvalue weighted by Gasteiger charge is 2.10. The van der Waals surface area contributed by atoms with Crippen molar-refractivity contribution in [3.63, 3.8) is 0 Å². The Kier molecular flexibility index (Phi) is 2.05. The van der Waals surface area contributed by atoms with E-state index in [4.69, 9.17) is 5.84 Å². The number of hydrogen-bond acceptors (Lipinski definition) is 5. The quantitative estimate of drug-likeness (QED) is 0.494. The average molecular weight is 229 g/mol. The van der Waals surface area contributed by atoms with Crippen molar-refractivity contribution in [1.82, 2.24) is 23.9 Å². The lowest BCUT2D eigenvalue weighted by molar-refractivity contribution is 0.919. The van der Waals surface area contributed by atoms with Gasteiger partial charge < -0.3 is 9.83 Å². The van der Waals surface area contributed by atoms with Crippen LogP contribution in [0.15, 0.2) is 31.0 Å². The molecule has 86 valence electrons. The SMILES string of the molecule is Cc1nccn1-c1nc(NN)cn2ccnc12. The third-order valence-electron chi connectivity index (χ3n) is 2.56. The molecule has 3 rings (SSSR count). The van der Waals surface area contributed by atoms with Crippen molar-refractivity contribution in [2.45, 2.75) is 6.92 Å². The summed E-state index contributed by atoms with van der Waals surface area (Å²) in [6.07, 6.45) is 8.89. The highest BCUT2D eigenvalue weighted by atomic mass is 15.3. The summed E-state index contributed by atoms with van der Waals surface area (Å²) in [5.41, 5.74) is 3.29. The van der Waals surface area contributed by atoms with Crippen LogP contribution in [0.25, 0.3) is 11.5 Å². The van der Waals surface area contributed by atoms with E-state index in [1.807, 2.05) is 28.3 Å². The van der Waals surface area contributed by atoms with Gasteiger partial charge in [0.1, 0.15) is 5.82 Å². The highest BCUT2D eigenvalue weighted by molar-refractivity contribution is 5.58. The lowest BCUT2D eigenvalue weighted by Gasteiger charge is -2.08. The van der Waals surface area contributed by atoms with Crippen molar-refractivity contribution in [2.75, 3.05) is 5.43 Å². The van der Waals surface area contributed by atoms with Crippen LogP contribution in [0.3, 0.4) is 0 Å². The fourth-order valence-electron chi connectivity index (χ4n) is 1.75. The minimum absolute atomic E-state index is 0.568. The number of nitrogen functional groups attached to an aromatic ring is 1. The first kappa shape index (κ1) is 9.79. The third-order valence-corrected chi connectivity index (χ3v) is 2.56. The van der Waals surface area contributed by atoms with Crippen LogP contribution in [-0.4, -0.2) is 23.9 Å². The number of aromatic nitrogens is 5. The van der Waals surface area contributed by atoms with Crippen molar-refractivity contribution >= 4 is 11.5 Å². The number of nitrogens with one attached hydrogen (secondary N) is 1. The van der Waals surface area contributed by atoms with Gasteiger partial charge in [0.05, 0.1) is 6.20 Å². The lowest BCUT2D eigenvalue weighted by Crippen LogP contribution is -2.12. The monoisotopic (exact) mass is 229 g/mol. The molecule has 0 aromatic carbocycles. The van der Waals surface area contributed by atoms with E-state index in [1.54, 1.807) is 18.6 Å². The van der Waals surface area contributed by atoms with Crippen LogP contribution >= 0.6 is 0 Å². The molecule has 3 N–H and O–H groups in total. The number of rotatable bonds is 2. The maximum absolute atomic E-state index is 5.40. The first-order chi connectivity index (χ1) is 8.29. The normalized spacial score (nSPS) is 10.9. The van der Waals surface area contributed by atoms with Gasteiger partial charge in [-0.15, -0.1) is 0 Å². The summed E-state index contributed by atoms with van der Waals surface area (Å²) in [5, 5.41) is 0. The van der Waals surface area contributed by atoms with Crippen LogP contribution in [0, 0.1) is 6.92 Å². The van der Waals surface area contributed by atoms with Gasteiger partial charge in [-0.1, -0.05) is 0 Å². The number of nitrogens with two attached hydrogens (primary N) is 1. The lowest BCUT2D eigenvalue weighted by atomic mass is 10.5. The molecule has 3 aromatic heterocycles. The van der Waals surface area contributed by atoms with Gasteiger partial charge in [-0.3, -0.25) is 4.57 Å². The molecule has 7 nitrogen and oxygen atoms in total. The Morgan fingerprint density at radius 2 is 2.06 bits per heavy atom. The highest BCUT2D eigenvalue weighted by Crippen LogP contribution is 2.16. The van der Waals surface area contributed by atoms with Gasteiger partial charge in [0, 0.05) is 24.8 Å². The molecule has 0 spiro atoms. The first-order valence-corrected chi connectivity index (χ1v) is 5.10. The number of anilines is 1. The summed E-state index contributed by atoms with van der Waals surface area (Å²) in [7, 11) is 0. The smallest absolute Gasteiger partial charge is 0.184 e. The zero-order valence-corrected chi connectivity index (χ0v) is 9.20. The molecule has 0 saturated heterocycles. The van der Waals surface area contributed by atoms with Crippen molar-refractivity contribution in [3.8, 4) is 5.82 Å². The predicted octanol–water partition coefficient (Wildman–Crippen LogP) is 0.509. The number of hydrazine groups is 1. The van der Waals surface area contributed by atoms with Gasteiger partial charge >= 0.3 is 0 Å². The number of hydrogen-bond donors (Lipinski definition) is 2. The van der Waals surface area contributed by atoms with Gasteiger partial charge in [0.15, 0.2) is 17.3 Å². The molecule has 17 heavy (non-hydrogen) atoms. The van der Waals surface area contributed by atoms with E-state index >= 15 is 0 Å². The molecule has 0 aliphatic rings. The predicted molar refractivity (Wildman–Crippen MR) is 62.7 cm³/mol. The van der Waals surface area contributed by atoms with E-state index in [1.165, 1.54) is 0 Å². The molecule has 0 aliphatic carbocycles. The van der Waals surface area contributed by atoms with Crippen LogP contribution in [0.5, 0.6) is 0 Å². The molecular formula is C10H11N7. The van der Waals surface area contributed by atoms with E-state index in [0.29, 0.717) is 11.6 Å². The maximum Gasteiger partial charge on any atom is 0.184 e. The molecule has 0 atom stereocenters. The van der Waals surface area contributed by atoms with Gasteiger partial charge in [-0.25, -0.2) is 20.8 Å². The van der Waals surface area contributed by atoms with Gasteiger partial charge in [0.25, 0.3) is 0 Å². The van der Waals surface area contributed by atoms with Crippen molar-refractivity contribution in [2.24, 2.45) is 5.84 Å². The Bertz CT molecular complexity index is 666. The average Bonchev–Trinajstić information content (AvgIpc) is 2.95. The summed E-state index contributed by atoms with van der Waals surface area (Å²) in [5.74, 6) is 7.51. The van der Waals surface area contributed by atoms with Crippen LogP contribution in [0.2, 0.25) is 0 Å². The van der Waals surface area contributed by atoms with E-state index < -0.39 is 0 Å². The molecule has 0 fully saturated rings.